The van der Waals surface area contributed by atoms with E-state index in [-0.39, 0.29) is 11.7 Å². The predicted molar refractivity (Wildman–Crippen MR) is 55.4 cm³/mol. The number of rotatable bonds is 4. The maximum absolute atomic E-state index is 6.00. The zero-order valence-electron chi connectivity index (χ0n) is 9.87. The van der Waals surface area contributed by atoms with Gasteiger partial charge in [0, 0.05) is 14.2 Å². The lowest BCUT2D eigenvalue weighted by atomic mass is 9.83. The van der Waals surface area contributed by atoms with E-state index in [4.69, 9.17) is 14.2 Å². The van der Waals surface area contributed by atoms with Crippen LogP contribution in [0, 0.1) is 11.8 Å². The van der Waals surface area contributed by atoms with Gasteiger partial charge in [0.05, 0.1) is 24.9 Å². The molecule has 84 valence electrons. The average Bonchev–Trinajstić information content (AvgIpc) is 2.33. The minimum Gasteiger partial charge on any atom is -0.382 e. The smallest absolute Gasteiger partial charge is 0.0920 e. The molecule has 0 saturated carbocycles. The molecule has 1 saturated heterocycles. The Morgan fingerprint density at radius 1 is 1.21 bits per heavy atom. The summed E-state index contributed by atoms with van der Waals surface area (Å²) in [6.07, 6.45) is 0.204. The van der Waals surface area contributed by atoms with Crippen LogP contribution in [0.4, 0.5) is 0 Å². The van der Waals surface area contributed by atoms with Crippen molar-refractivity contribution in [1.82, 2.24) is 0 Å². The van der Waals surface area contributed by atoms with E-state index in [1.54, 1.807) is 14.2 Å². The van der Waals surface area contributed by atoms with Gasteiger partial charge < -0.3 is 14.2 Å². The standard InChI is InChI=1S/C11H22O3/c1-8-9(2)11(3,7-13-5)14-10(8)6-12-4/h8-10H,6-7H2,1-5H3/t8-,9+,10+,11-/m0/s1. The number of hydrogen-bond donors (Lipinski definition) is 0. The Labute approximate surface area is 86.7 Å². The van der Waals surface area contributed by atoms with Gasteiger partial charge in [0.1, 0.15) is 0 Å². The van der Waals surface area contributed by atoms with Crippen molar-refractivity contribution >= 4 is 0 Å². The molecule has 1 aliphatic heterocycles. The lowest BCUT2D eigenvalue weighted by molar-refractivity contribution is -0.0997. The second-order valence-electron chi connectivity index (χ2n) is 4.51. The van der Waals surface area contributed by atoms with Crippen LogP contribution in [0.1, 0.15) is 20.8 Å². The fourth-order valence-electron chi connectivity index (χ4n) is 2.24. The van der Waals surface area contributed by atoms with Crippen molar-refractivity contribution in [2.24, 2.45) is 11.8 Å². The number of ether oxygens (including phenoxy) is 3. The summed E-state index contributed by atoms with van der Waals surface area (Å²) in [5.74, 6) is 1.03. The van der Waals surface area contributed by atoms with Gasteiger partial charge in [-0.1, -0.05) is 13.8 Å². The monoisotopic (exact) mass is 202 g/mol. The molecule has 0 aromatic heterocycles. The van der Waals surface area contributed by atoms with Crippen molar-refractivity contribution < 1.29 is 14.2 Å². The van der Waals surface area contributed by atoms with Crippen molar-refractivity contribution in [3.63, 3.8) is 0 Å². The Kier molecular flexibility index (Phi) is 3.93. The molecule has 1 aliphatic rings. The Bertz CT molecular complexity index is 183. The summed E-state index contributed by atoms with van der Waals surface area (Å²) in [6.45, 7) is 7.88. The molecule has 0 aromatic carbocycles. The molecule has 3 nitrogen and oxygen atoms in total. The largest absolute Gasteiger partial charge is 0.382 e. The fourth-order valence-corrected chi connectivity index (χ4v) is 2.24. The first-order chi connectivity index (χ1) is 6.55. The lowest BCUT2D eigenvalue weighted by Gasteiger charge is -2.28. The molecule has 1 fully saturated rings. The molecular formula is C11H22O3. The van der Waals surface area contributed by atoms with Crippen LogP contribution in [-0.4, -0.2) is 39.1 Å². The number of methoxy groups -OCH3 is 2. The van der Waals surface area contributed by atoms with Gasteiger partial charge in [-0.3, -0.25) is 0 Å². The van der Waals surface area contributed by atoms with Crippen LogP contribution in [0.25, 0.3) is 0 Å². The van der Waals surface area contributed by atoms with E-state index in [0.717, 1.165) is 0 Å². The summed E-state index contributed by atoms with van der Waals surface area (Å²) < 4.78 is 16.4. The van der Waals surface area contributed by atoms with Crippen molar-refractivity contribution in [3.8, 4) is 0 Å². The highest BCUT2D eigenvalue weighted by atomic mass is 16.6. The van der Waals surface area contributed by atoms with E-state index in [9.17, 15) is 0 Å². The molecule has 0 spiro atoms. The van der Waals surface area contributed by atoms with Gasteiger partial charge in [-0.15, -0.1) is 0 Å². The Hall–Kier alpha value is -0.120. The van der Waals surface area contributed by atoms with Crippen molar-refractivity contribution in [3.05, 3.63) is 0 Å². The summed E-state index contributed by atoms with van der Waals surface area (Å²) in [5.41, 5.74) is -0.155. The predicted octanol–water partition coefficient (Wildman–Crippen LogP) is 1.71. The summed E-state index contributed by atoms with van der Waals surface area (Å²) in [5, 5.41) is 0. The summed E-state index contributed by atoms with van der Waals surface area (Å²) in [6, 6.07) is 0. The van der Waals surface area contributed by atoms with E-state index < -0.39 is 0 Å². The van der Waals surface area contributed by atoms with Crippen LogP contribution >= 0.6 is 0 Å². The molecule has 0 unspecified atom stereocenters. The minimum absolute atomic E-state index is 0.155. The van der Waals surface area contributed by atoms with Crippen LogP contribution in [0.2, 0.25) is 0 Å². The molecule has 4 atom stereocenters. The van der Waals surface area contributed by atoms with E-state index in [1.165, 1.54) is 0 Å². The average molecular weight is 202 g/mol. The zero-order valence-corrected chi connectivity index (χ0v) is 9.87. The first-order valence-electron chi connectivity index (χ1n) is 5.21. The molecule has 1 rings (SSSR count). The molecule has 0 N–H and O–H groups in total. The summed E-state index contributed by atoms with van der Waals surface area (Å²) in [7, 11) is 3.43. The first-order valence-corrected chi connectivity index (χ1v) is 5.21. The van der Waals surface area contributed by atoms with Crippen LogP contribution in [0.15, 0.2) is 0 Å². The molecular weight excluding hydrogens is 180 g/mol. The summed E-state index contributed by atoms with van der Waals surface area (Å²) >= 11 is 0. The topological polar surface area (TPSA) is 27.7 Å². The van der Waals surface area contributed by atoms with Crippen LogP contribution in [0.3, 0.4) is 0 Å². The number of hydrogen-bond acceptors (Lipinski definition) is 3. The van der Waals surface area contributed by atoms with Crippen LogP contribution in [-0.2, 0) is 14.2 Å². The third-order valence-corrected chi connectivity index (χ3v) is 3.52. The fraction of sp³-hybridized carbons (Fsp3) is 1.00. The zero-order chi connectivity index (χ0) is 10.8. The highest BCUT2D eigenvalue weighted by molar-refractivity contribution is 4.94. The molecule has 3 heteroatoms. The Balaban J connectivity index is 2.65. The van der Waals surface area contributed by atoms with Gasteiger partial charge in [0.25, 0.3) is 0 Å². The van der Waals surface area contributed by atoms with Gasteiger partial charge >= 0.3 is 0 Å². The molecule has 1 heterocycles. The van der Waals surface area contributed by atoms with E-state index in [1.807, 2.05) is 0 Å². The first kappa shape index (κ1) is 12.0. The van der Waals surface area contributed by atoms with Gasteiger partial charge in [-0.05, 0) is 18.8 Å². The SMILES string of the molecule is COC[C@H]1O[C@@](C)(COC)[C@H](C)[C@@H]1C. The summed E-state index contributed by atoms with van der Waals surface area (Å²) in [4.78, 5) is 0. The third-order valence-electron chi connectivity index (χ3n) is 3.52. The molecule has 0 radical (unpaired) electrons. The lowest BCUT2D eigenvalue weighted by Crippen LogP contribution is -2.36. The second kappa shape index (κ2) is 4.60. The van der Waals surface area contributed by atoms with Crippen molar-refractivity contribution in [2.45, 2.75) is 32.5 Å². The highest BCUT2D eigenvalue weighted by Gasteiger charge is 2.47. The molecule has 0 amide bonds. The minimum atomic E-state index is -0.155. The maximum atomic E-state index is 6.00. The van der Waals surface area contributed by atoms with Gasteiger partial charge in [-0.2, -0.15) is 0 Å². The normalized spacial score (nSPS) is 43.1. The molecule has 14 heavy (non-hydrogen) atoms. The Morgan fingerprint density at radius 2 is 1.86 bits per heavy atom. The molecule has 0 aromatic rings. The highest BCUT2D eigenvalue weighted by Crippen LogP contribution is 2.40. The van der Waals surface area contributed by atoms with Gasteiger partial charge in [-0.25, -0.2) is 0 Å². The van der Waals surface area contributed by atoms with Gasteiger partial charge in [0.2, 0.25) is 0 Å². The Morgan fingerprint density at radius 3 is 2.36 bits per heavy atom. The van der Waals surface area contributed by atoms with Crippen molar-refractivity contribution in [2.75, 3.05) is 27.4 Å². The quantitative estimate of drug-likeness (QED) is 0.694. The maximum Gasteiger partial charge on any atom is 0.0920 e. The molecule has 0 aliphatic carbocycles. The van der Waals surface area contributed by atoms with Gasteiger partial charge in [0.15, 0.2) is 0 Å². The van der Waals surface area contributed by atoms with Crippen LogP contribution in [0.5, 0.6) is 0 Å². The van der Waals surface area contributed by atoms with E-state index in [0.29, 0.717) is 25.0 Å². The van der Waals surface area contributed by atoms with E-state index >= 15 is 0 Å². The van der Waals surface area contributed by atoms with Crippen molar-refractivity contribution in [1.29, 1.82) is 0 Å². The third kappa shape index (κ3) is 2.10. The van der Waals surface area contributed by atoms with E-state index in [2.05, 4.69) is 20.8 Å². The second-order valence-corrected chi connectivity index (χ2v) is 4.51. The van der Waals surface area contributed by atoms with Crippen LogP contribution < -0.4 is 0 Å². The molecule has 0 bridgehead atoms.